The smallest absolute Gasteiger partial charge is 0.246 e. The molecule has 88 valence electrons. The van der Waals surface area contributed by atoms with Crippen molar-refractivity contribution in [3.63, 3.8) is 0 Å². The first kappa shape index (κ1) is 12.6. The normalized spacial score (nSPS) is 12.2. The van der Waals surface area contributed by atoms with E-state index >= 15 is 0 Å². The summed E-state index contributed by atoms with van der Waals surface area (Å²) in [6.07, 6.45) is 0. The van der Waals surface area contributed by atoms with E-state index in [9.17, 15) is 9.18 Å². The number of halogens is 1. The zero-order valence-electron chi connectivity index (χ0n) is 9.50. The highest BCUT2D eigenvalue weighted by Gasteiger charge is 2.09. The maximum Gasteiger partial charge on any atom is 0.246 e. The summed E-state index contributed by atoms with van der Waals surface area (Å²) in [6, 6.07) is 5.96. The maximum atomic E-state index is 12.9. The molecule has 0 saturated heterocycles. The van der Waals surface area contributed by atoms with Crippen molar-refractivity contribution in [3.8, 4) is 0 Å². The highest BCUT2D eigenvalue weighted by Crippen LogP contribution is 2.12. The molecule has 0 spiro atoms. The molecule has 0 aliphatic carbocycles. The molecule has 0 fully saturated rings. The standard InChI is InChI=1S/C12H16FNO2/c1-3-16-8-12(15)14-9(2)10-5-4-6-11(13)7-10/h4-7,9H,3,8H2,1-2H3,(H,14,15). The summed E-state index contributed by atoms with van der Waals surface area (Å²) in [6.45, 7) is 4.17. The van der Waals surface area contributed by atoms with Gasteiger partial charge in [-0.1, -0.05) is 12.1 Å². The Hall–Kier alpha value is -1.42. The average Bonchev–Trinajstić information content (AvgIpc) is 2.26. The number of rotatable bonds is 5. The predicted octanol–water partition coefficient (Wildman–Crippen LogP) is 2.04. The second-order valence-electron chi connectivity index (χ2n) is 3.48. The van der Waals surface area contributed by atoms with Crippen LogP contribution in [0.2, 0.25) is 0 Å². The zero-order chi connectivity index (χ0) is 12.0. The van der Waals surface area contributed by atoms with E-state index in [4.69, 9.17) is 4.74 Å². The van der Waals surface area contributed by atoms with Crippen molar-refractivity contribution in [2.24, 2.45) is 0 Å². The van der Waals surface area contributed by atoms with Gasteiger partial charge in [0.1, 0.15) is 12.4 Å². The first-order chi connectivity index (χ1) is 7.63. The van der Waals surface area contributed by atoms with Crippen LogP contribution in [0.1, 0.15) is 25.5 Å². The summed E-state index contributed by atoms with van der Waals surface area (Å²) in [5, 5.41) is 2.73. The van der Waals surface area contributed by atoms with E-state index < -0.39 is 0 Å². The number of benzene rings is 1. The third kappa shape index (κ3) is 3.98. The van der Waals surface area contributed by atoms with Gasteiger partial charge in [-0.2, -0.15) is 0 Å². The largest absolute Gasteiger partial charge is 0.372 e. The second kappa shape index (κ2) is 6.23. The van der Waals surface area contributed by atoms with Gasteiger partial charge in [-0.05, 0) is 31.5 Å². The molecule has 0 bridgehead atoms. The molecule has 0 radical (unpaired) electrons. The van der Waals surface area contributed by atoms with Gasteiger partial charge in [0, 0.05) is 6.61 Å². The molecule has 1 N–H and O–H groups in total. The van der Waals surface area contributed by atoms with E-state index in [2.05, 4.69) is 5.32 Å². The van der Waals surface area contributed by atoms with Crippen LogP contribution < -0.4 is 5.32 Å². The van der Waals surface area contributed by atoms with Crippen LogP contribution in [0.3, 0.4) is 0 Å². The van der Waals surface area contributed by atoms with Gasteiger partial charge >= 0.3 is 0 Å². The van der Waals surface area contributed by atoms with Gasteiger partial charge in [-0.25, -0.2) is 4.39 Å². The zero-order valence-corrected chi connectivity index (χ0v) is 9.50. The van der Waals surface area contributed by atoms with E-state index in [1.54, 1.807) is 19.1 Å². The molecule has 3 nitrogen and oxygen atoms in total. The maximum absolute atomic E-state index is 12.9. The van der Waals surface area contributed by atoms with Crippen LogP contribution in [-0.2, 0) is 9.53 Å². The van der Waals surface area contributed by atoms with Crippen LogP contribution in [0.25, 0.3) is 0 Å². The quantitative estimate of drug-likeness (QED) is 0.832. The minimum Gasteiger partial charge on any atom is -0.372 e. The van der Waals surface area contributed by atoms with Crippen molar-refractivity contribution < 1.29 is 13.9 Å². The Morgan fingerprint density at radius 1 is 1.56 bits per heavy atom. The number of carbonyl (C=O) groups is 1. The molecule has 0 aliphatic rings. The van der Waals surface area contributed by atoms with E-state index in [-0.39, 0.29) is 24.4 Å². The summed E-state index contributed by atoms with van der Waals surface area (Å²) in [4.78, 5) is 11.3. The van der Waals surface area contributed by atoms with Crippen molar-refractivity contribution in [2.75, 3.05) is 13.2 Å². The Labute approximate surface area is 94.6 Å². The summed E-state index contributed by atoms with van der Waals surface area (Å²) < 4.78 is 17.9. The molecular formula is C12H16FNO2. The highest BCUT2D eigenvalue weighted by atomic mass is 19.1. The minimum absolute atomic E-state index is 0.0379. The molecule has 1 rings (SSSR count). The number of hydrogen-bond donors (Lipinski definition) is 1. The first-order valence-electron chi connectivity index (χ1n) is 5.26. The fourth-order valence-corrected chi connectivity index (χ4v) is 1.34. The Morgan fingerprint density at radius 2 is 2.31 bits per heavy atom. The van der Waals surface area contributed by atoms with Gasteiger partial charge in [0.2, 0.25) is 5.91 Å². The number of ether oxygens (including phenoxy) is 1. The fraction of sp³-hybridized carbons (Fsp3) is 0.417. The van der Waals surface area contributed by atoms with Crippen LogP contribution in [-0.4, -0.2) is 19.1 Å². The molecular weight excluding hydrogens is 209 g/mol. The lowest BCUT2D eigenvalue weighted by molar-refractivity contribution is -0.126. The Morgan fingerprint density at radius 3 is 2.94 bits per heavy atom. The Kier molecular flexibility index (Phi) is 4.92. The second-order valence-corrected chi connectivity index (χ2v) is 3.48. The lowest BCUT2D eigenvalue weighted by Crippen LogP contribution is -2.30. The number of carbonyl (C=O) groups excluding carboxylic acids is 1. The van der Waals surface area contributed by atoms with Crippen molar-refractivity contribution in [2.45, 2.75) is 19.9 Å². The van der Waals surface area contributed by atoms with Crippen molar-refractivity contribution >= 4 is 5.91 Å². The lowest BCUT2D eigenvalue weighted by Gasteiger charge is -2.14. The molecule has 1 aromatic carbocycles. The van der Waals surface area contributed by atoms with Crippen LogP contribution in [0.5, 0.6) is 0 Å². The molecule has 0 aromatic heterocycles. The first-order valence-corrected chi connectivity index (χ1v) is 5.26. The van der Waals surface area contributed by atoms with Gasteiger partial charge < -0.3 is 10.1 Å². The molecule has 4 heteroatoms. The summed E-state index contributed by atoms with van der Waals surface area (Å²) >= 11 is 0. The van der Waals surface area contributed by atoms with E-state index in [0.29, 0.717) is 6.61 Å². The van der Waals surface area contributed by atoms with Crippen LogP contribution in [0.15, 0.2) is 24.3 Å². The fourth-order valence-electron chi connectivity index (χ4n) is 1.34. The highest BCUT2D eigenvalue weighted by molar-refractivity contribution is 5.77. The number of amides is 1. The Bertz CT molecular complexity index is 355. The van der Waals surface area contributed by atoms with Gasteiger partial charge in [-0.3, -0.25) is 4.79 Å². The van der Waals surface area contributed by atoms with Gasteiger partial charge in [0.25, 0.3) is 0 Å². The lowest BCUT2D eigenvalue weighted by atomic mass is 10.1. The van der Waals surface area contributed by atoms with Crippen molar-refractivity contribution in [1.82, 2.24) is 5.32 Å². The summed E-state index contributed by atoms with van der Waals surface area (Å²) in [5.74, 6) is -0.498. The number of nitrogens with one attached hydrogen (secondary N) is 1. The minimum atomic E-state index is -0.302. The van der Waals surface area contributed by atoms with Crippen LogP contribution >= 0.6 is 0 Å². The molecule has 0 saturated carbocycles. The van der Waals surface area contributed by atoms with E-state index in [1.165, 1.54) is 12.1 Å². The number of hydrogen-bond acceptors (Lipinski definition) is 2. The third-order valence-corrected chi connectivity index (χ3v) is 2.16. The SMILES string of the molecule is CCOCC(=O)NC(C)c1cccc(F)c1. The molecule has 1 aromatic rings. The van der Waals surface area contributed by atoms with Crippen LogP contribution in [0, 0.1) is 5.82 Å². The third-order valence-electron chi connectivity index (χ3n) is 2.16. The molecule has 1 unspecified atom stereocenters. The van der Waals surface area contributed by atoms with Gasteiger partial charge in [0.15, 0.2) is 0 Å². The summed E-state index contributed by atoms with van der Waals surface area (Å²) in [7, 11) is 0. The van der Waals surface area contributed by atoms with E-state index in [1.807, 2.05) is 6.92 Å². The van der Waals surface area contributed by atoms with Gasteiger partial charge in [-0.15, -0.1) is 0 Å². The average molecular weight is 225 g/mol. The van der Waals surface area contributed by atoms with Crippen molar-refractivity contribution in [3.05, 3.63) is 35.6 Å². The summed E-state index contributed by atoms with van der Waals surface area (Å²) in [5.41, 5.74) is 0.741. The van der Waals surface area contributed by atoms with Crippen molar-refractivity contribution in [1.29, 1.82) is 0 Å². The Balaban J connectivity index is 2.52. The molecule has 0 aliphatic heterocycles. The van der Waals surface area contributed by atoms with Crippen LogP contribution in [0.4, 0.5) is 4.39 Å². The van der Waals surface area contributed by atoms with Gasteiger partial charge in [0.05, 0.1) is 6.04 Å². The monoisotopic (exact) mass is 225 g/mol. The van der Waals surface area contributed by atoms with E-state index in [0.717, 1.165) is 5.56 Å². The molecule has 0 heterocycles. The molecule has 1 atom stereocenters. The predicted molar refractivity (Wildman–Crippen MR) is 59.5 cm³/mol. The molecule has 1 amide bonds. The molecule has 16 heavy (non-hydrogen) atoms. The topological polar surface area (TPSA) is 38.3 Å².